The van der Waals surface area contributed by atoms with E-state index in [-0.39, 0.29) is 0 Å². The lowest BCUT2D eigenvalue weighted by Gasteiger charge is -2.28. The summed E-state index contributed by atoms with van der Waals surface area (Å²) in [5.41, 5.74) is 3.93. The van der Waals surface area contributed by atoms with Crippen LogP contribution in [0.2, 0.25) is 0 Å². The molecule has 1 aromatic carbocycles. The fourth-order valence-electron chi connectivity index (χ4n) is 1.72. The van der Waals surface area contributed by atoms with E-state index in [4.69, 9.17) is 10.8 Å². The van der Waals surface area contributed by atoms with Gasteiger partial charge in [0.15, 0.2) is 0 Å². The molecule has 0 spiro atoms. The standard InChI is InChI=1S/C13H17FN2O5S/c1-13(2,3)10(11(15)17)16-22(20,21)9-6-7(12(18)19)4-5-8(9)14/h4-6,10,16H,1-3H3,(H2,15,17)(H,18,19). The third-order valence-corrected chi connectivity index (χ3v) is 4.33. The number of carbonyl (C=O) groups is 2. The highest BCUT2D eigenvalue weighted by atomic mass is 32.2. The predicted molar refractivity (Wildman–Crippen MR) is 76.1 cm³/mol. The number of hydrogen-bond donors (Lipinski definition) is 3. The van der Waals surface area contributed by atoms with Crippen LogP contribution in [0.1, 0.15) is 31.1 Å². The van der Waals surface area contributed by atoms with E-state index in [0.29, 0.717) is 6.07 Å². The molecule has 1 unspecified atom stereocenters. The van der Waals surface area contributed by atoms with Crippen molar-refractivity contribution in [2.24, 2.45) is 11.1 Å². The number of benzene rings is 1. The highest BCUT2D eigenvalue weighted by molar-refractivity contribution is 7.89. The minimum atomic E-state index is -4.46. The summed E-state index contributed by atoms with van der Waals surface area (Å²) in [7, 11) is -4.46. The van der Waals surface area contributed by atoms with Crippen molar-refractivity contribution < 1.29 is 27.5 Å². The number of aromatic carboxylic acids is 1. The van der Waals surface area contributed by atoms with Crippen LogP contribution < -0.4 is 10.5 Å². The van der Waals surface area contributed by atoms with Crippen LogP contribution in [0.3, 0.4) is 0 Å². The van der Waals surface area contributed by atoms with Crippen LogP contribution in [-0.4, -0.2) is 31.4 Å². The van der Waals surface area contributed by atoms with Crippen LogP contribution >= 0.6 is 0 Å². The lowest BCUT2D eigenvalue weighted by atomic mass is 9.87. The third-order valence-electron chi connectivity index (χ3n) is 2.89. The molecule has 1 aromatic rings. The average molecular weight is 332 g/mol. The molecule has 0 aromatic heterocycles. The van der Waals surface area contributed by atoms with Crippen molar-refractivity contribution in [1.82, 2.24) is 4.72 Å². The summed E-state index contributed by atoms with van der Waals surface area (Å²) in [6.45, 7) is 4.74. The van der Waals surface area contributed by atoms with E-state index >= 15 is 0 Å². The molecule has 7 nitrogen and oxygen atoms in total. The maximum absolute atomic E-state index is 13.7. The number of rotatable bonds is 5. The van der Waals surface area contributed by atoms with E-state index in [9.17, 15) is 22.4 Å². The zero-order valence-corrected chi connectivity index (χ0v) is 13.1. The van der Waals surface area contributed by atoms with Crippen molar-refractivity contribution in [2.45, 2.75) is 31.7 Å². The Morgan fingerprint density at radius 1 is 1.32 bits per heavy atom. The fraction of sp³-hybridized carbons (Fsp3) is 0.385. The average Bonchev–Trinajstić information content (AvgIpc) is 2.34. The molecule has 0 aliphatic rings. The SMILES string of the molecule is CC(C)(C)C(NS(=O)(=O)c1cc(C(=O)O)ccc1F)C(N)=O. The molecule has 9 heteroatoms. The number of nitrogens with two attached hydrogens (primary N) is 1. The van der Waals surface area contributed by atoms with E-state index < -0.39 is 49.6 Å². The largest absolute Gasteiger partial charge is 0.478 e. The Morgan fingerprint density at radius 3 is 2.27 bits per heavy atom. The number of nitrogens with one attached hydrogen (secondary N) is 1. The minimum absolute atomic E-state index is 0.395. The zero-order chi connectivity index (χ0) is 17.3. The lowest BCUT2D eigenvalue weighted by Crippen LogP contribution is -2.52. The van der Waals surface area contributed by atoms with Gasteiger partial charge in [-0.05, 0) is 23.6 Å². The van der Waals surface area contributed by atoms with Gasteiger partial charge in [0.05, 0.1) is 5.56 Å². The molecule has 22 heavy (non-hydrogen) atoms. The first-order valence-corrected chi connectivity index (χ1v) is 7.69. The summed E-state index contributed by atoms with van der Waals surface area (Å²) >= 11 is 0. The van der Waals surface area contributed by atoms with Gasteiger partial charge in [-0.15, -0.1) is 0 Å². The highest BCUT2D eigenvalue weighted by Crippen LogP contribution is 2.23. The van der Waals surface area contributed by atoms with Gasteiger partial charge in [-0.25, -0.2) is 17.6 Å². The van der Waals surface area contributed by atoms with Crippen molar-refractivity contribution >= 4 is 21.9 Å². The molecular formula is C13H17FN2O5S. The molecule has 0 saturated heterocycles. The number of sulfonamides is 1. The minimum Gasteiger partial charge on any atom is -0.478 e. The number of carbonyl (C=O) groups excluding carboxylic acids is 1. The van der Waals surface area contributed by atoms with Crippen LogP contribution in [0, 0.1) is 11.2 Å². The van der Waals surface area contributed by atoms with Crippen LogP contribution in [0.5, 0.6) is 0 Å². The smallest absolute Gasteiger partial charge is 0.335 e. The zero-order valence-electron chi connectivity index (χ0n) is 12.3. The highest BCUT2D eigenvalue weighted by Gasteiger charge is 2.35. The molecule has 0 aliphatic heterocycles. The molecule has 0 radical (unpaired) electrons. The summed E-state index contributed by atoms with van der Waals surface area (Å²) in [5.74, 6) is -3.46. The first kappa shape index (κ1) is 18.1. The first-order chi connectivity index (χ1) is 9.86. The van der Waals surface area contributed by atoms with Gasteiger partial charge in [-0.3, -0.25) is 4.79 Å². The van der Waals surface area contributed by atoms with Crippen molar-refractivity contribution in [2.75, 3.05) is 0 Å². The Morgan fingerprint density at radius 2 is 1.86 bits per heavy atom. The number of amides is 1. The second-order valence-corrected chi connectivity index (χ2v) is 7.46. The van der Waals surface area contributed by atoms with Crippen LogP contribution in [0.4, 0.5) is 4.39 Å². The van der Waals surface area contributed by atoms with Gasteiger partial charge < -0.3 is 10.8 Å². The van der Waals surface area contributed by atoms with Crippen molar-refractivity contribution in [3.05, 3.63) is 29.6 Å². The second kappa shape index (κ2) is 6.01. The Hall–Kier alpha value is -2.00. The van der Waals surface area contributed by atoms with Crippen molar-refractivity contribution in [1.29, 1.82) is 0 Å². The molecule has 4 N–H and O–H groups in total. The summed E-state index contributed by atoms with van der Waals surface area (Å²) in [6, 6.07) is 1.06. The number of carboxylic acid groups (broad SMARTS) is 1. The van der Waals surface area contributed by atoms with Crippen LogP contribution in [0.25, 0.3) is 0 Å². The third kappa shape index (κ3) is 4.01. The molecule has 1 atom stereocenters. The second-order valence-electron chi connectivity index (χ2n) is 5.77. The van der Waals surface area contributed by atoms with Gasteiger partial charge in [-0.1, -0.05) is 20.8 Å². The molecule has 0 fully saturated rings. The molecule has 122 valence electrons. The topological polar surface area (TPSA) is 127 Å². The summed E-state index contributed by atoms with van der Waals surface area (Å²) < 4.78 is 40.2. The molecular weight excluding hydrogens is 315 g/mol. The molecule has 0 aliphatic carbocycles. The fourth-order valence-corrected chi connectivity index (χ4v) is 3.24. The van der Waals surface area contributed by atoms with Gasteiger partial charge in [0, 0.05) is 0 Å². The first-order valence-electron chi connectivity index (χ1n) is 6.21. The van der Waals surface area contributed by atoms with Crippen molar-refractivity contribution in [3.63, 3.8) is 0 Å². The molecule has 0 saturated carbocycles. The molecule has 1 amide bonds. The summed E-state index contributed by atoms with van der Waals surface area (Å²) in [4.78, 5) is 21.4. The Balaban J connectivity index is 3.33. The number of hydrogen-bond acceptors (Lipinski definition) is 4. The maximum Gasteiger partial charge on any atom is 0.335 e. The van der Waals surface area contributed by atoms with Gasteiger partial charge >= 0.3 is 5.97 Å². The van der Waals surface area contributed by atoms with Crippen LogP contribution in [-0.2, 0) is 14.8 Å². The molecule has 0 heterocycles. The Labute approximate surface area is 127 Å². The Kier molecular flexibility index (Phi) is 4.93. The molecule has 1 rings (SSSR count). The van der Waals surface area contributed by atoms with Crippen molar-refractivity contribution in [3.8, 4) is 0 Å². The molecule has 0 bridgehead atoms. The van der Waals surface area contributed by atoms with Crippen LogP contribution in [0.15, 0.2) is 23.1 Å². The van der Waals surface area contributed by atoms with Gasteiger partial charge in [0.25, 0.3) is 0 Å². The van der Waals surface area contributed by atoms with Gasteiger partial charge in [0.2, 0.25) is 15.9 Å². The summed E-state index contributed by atoms with van der Waals surface area (Å²) in [6.07, 6.45) is 0. The quantitative estimate of drug-likeness (QED) is 0.731. The maximum atomic E-state index is 13.7. The normalized spacial score (nSPS) is 13.6. The lowest BCUT2D eigenvalue weighted by molar-refractivity contribution is -0.121. The predicted octanol–water partition coefficient (Wildman–Crippen LogP) is 0.702. The van der Waals surface area contributed by atoms with Gasteiger partial charge in [-0.2, -0.15) is 4.72 Å². The number of halogens is 1. The number of carboxylic acids is 1. The van der Waals surface area contributed by atoms with E-state index in [1.165, 1.54) is 0 Å². The van der Waals surface area contributed by atoms with E-state index in [1.54, 1.807) is 20.8 Å². The van der Waals surface area contributed by atoms with E-state index in [0.717, 1.165) is 12.1 Å². The summed E-state index contributed by atoms with van der Waals surface area (Å²) in [5, 5.41) is 8.85. The van der Waals surface area contributed by atoms with E-state index in [2.05, 4.69) is 0 Å². The number of primary amides is 1. The van der Waals surface area contributed by atoms with Gasteiger partial charge in [0.1, 0.15) is 16.8 Å². The monoisotopic (exact) mass is 332 g/mol. The van der Waals surface area contributed by atoms with E-state index in [1.807, 2.05) is 4.72 Å². The Bertz CT molecular complexity index is 710.